The predicted octanol–water partition coefficient (Wildman–Crippen LogP) is 2.77. The fourth-order valence-corrected chi connectivity index (χ4v) is 2.97. The van der Waals surface area contributed by atoms with E-state index in [9.17, 15) is 4.79 Å². The van der Waals surface area contributed by atoms with E-state index in [0.717, 1.165) is 29.2 Å². The standard InChI is InChI=1S/C13H12N2O2S/c1-17-13(16)12-15-10-7-6-8-4-2-3-5-9(8)14-11(10)18-12/h2-5,14H,6-7H2,1H3. The van der Waals surface area contributed by atoms with Gasteiger partial charge in [0.1, 0.15) is 5.00 Å². The lowest BCUT2D eigenvalue weighted by Gasteiger charge is -2.05. The lowest BCUT2D eigenvalue weighted by molar-refractivity contribution is 0.0600. The number of hydrogen-bond donors (Lipinski definition) is 1. The SMILES string of the molecule is COC(=O)c1nc2c(s1)Nc1ccccc1CC2. The molecule has 1 N–H and O–H groups in total. The number of carbonyl (C=O) groups excluding carboxylic acids is 1. The maximum atomic E-state index is 11.5. The van der Waals surface area contributed by atoms with Gasteiger partial charge in [0.15, 0.2) is 0 Å². The van der Waals surface area contributed by atoms with Gasteiger partial charge in [-0.05, 0) is 24.5 Å². The van der Waals surface area contributed by atoms with Gasteiger partial charge < -0.3 is 10.1 Å². The molecule has 5 heteroatoms. The molecule has 0 spiro atoms. The number of para-hydroxylation sites is 1. The summed E-state index contributed by atoms with van der Waals surface area (Å²) in [6, 6.07) is 8.19. The van der Waals surface area contributed by atoms with E-state index in [1.165, 1.54) is 24.0 Å². The molecule has 2 heterocycles. The van der Waals surface area contributed by atoms with Crippen molar-refractivity contribution in [1.82, 2.24) is 4.98 Å². The molecule has 0 atom stereocenters. The average Bonchev–Trinajstić information content (AvgIpc) is 2.72. The second kappa shape index (κ2) is 4.42. The summed E-state index contributed by atoms with van der Waals surface area (Å²) in [5, 5.41) is 4.71. The fourth-order valence-electron chi connectivity index (χ4n) is 2.03. The van der Waals surface area contributed by atoms with Crippen LogP contribution in [0, 0.1) is 0 Å². The number of ether oxygens (including phenoxy) is 1. The molecular formula is C13H12N2O2S. The summed E-state index contributed by atoms with van der Waals surface area (Å²) in [6.07, 6.45) is 1.77. The van der Waals surface area contributed by atoms with E-state index >= 15 is 0 Å². The van der Waals surface area contributed by atoms with Crippen LogP contribution in [0.5, 0.6) is 0 Å². The van der Waals surface area contributed by atoms with Gasteiger partial charge in [0.05, 0.1) is 12.8 Å². The minimum Gasteiger partial charge on any atom is -0.464 e. The van der Waals surface area contributed by atoms with E-state index in [0.29, 0.717) is 5.01 Å². The Morgan fingerprint density at radius 1 is 1.39 bits per heavy atom. The molecule has 4 nitrogen and oxygen atoms in total. The Labute approximate surface area is 109 Å². The molecule has 1 aliphatic rings. The van der Waals surface area contributed by atoms with Crippen LogP contribution in [0.2, 0.25) is 0 Å². The number of nitrogens with zero attached hydrogens (tertiary/aromatic N) is 1. The van der Waals surface area contributed by atoms with Crippen LogP contribution < -0.4 is 5.32 Å². The van der Waals surface area contributed by atoms with Crippen LogP contribution in [0.1, 0.15) is 21.1 Å². The predicted molar refractivity (Wildman–Crippen MR) is 70.6 cm³/mol. The van der Waals surface area contributed by atoms with Gasteiger partial charge in [-0.1, -0.05) is 29.5 Å². The van der Waals surface area contributed by atoms with Crippen LogP contribution >= 0.6 is 11.3 Å². The minimum atomic E-state index is -0.372. The number of thiazole rings is 1. The number of anilines is 2. The summed E-state index contributed by atoms with van der Waals surface area (Å²) in [5.41, 5.74) is 3.32. The van der Waals surface area contributed by atoms with Gasteiger partial charge in [-0.25, -0.2) is 9.78 Å². The third-order valence-electron chi connectivity index (χ3n) is 2.95. The van der Waals surface area contributed by atoms with Crippen LogP contribution in [0.3, 0.4) is 0 Å². The highest BCUT2D eigenvalue weighted by atomic mass is 32.1. The zero-order valence-electron chi connectivity index (χ0n) is 9.90. The van der Waals surface area contributed by atoms with Crippen molar-refractivity contribution in [2.45, 2.75) is 12.8 Å². The smallest absolute Gasteiger partial charge is 0.367 e. The van der Waals surface area contributed by atoms with E-state index in [4.69, 9.17) is 4.74 Å². The lowest BCUT2D eigenvalue weighted by atomic mass is 10.1. The average molecular weight is 260 g/mol. The number of rotatable bonds is 1. The van der Waals surface area contributed by atoms with Crippen molar-refractivity contribution in [2.75, 3.05) is 12.4 Å². The van der Waals surface area contributed by atoms with Crippen molar-refractivity contribution in [2.24, 2.45) is 0 Å². The molecule has 1 aliphatic heterocycles. The first kappa shape index (κ1) is 11.2. The van der Waals surface area contributed by atoms with Gasteiger partial charge in [-0.15, -0.1) is 0 Å². The molecule has 0 bridgehead atoms. The Hall–Kier alpha value is -1.88. The molecule has 1 aromatic carbocycles. The number of methoxy groups -OCH3 is 1. The Morgan fingerprint density at radius 2 is 2.22 bits per heavy atom. The van der Waals surface area contributed by atoms with E-state index in [2.05, 4.69) is 16.4 Å². The molecule has 3 rings (SSSR count). The number of aromatic nitrogens is 1. The normalized spacial score (nSPS) is 12.9. The molecule has 0 unspecified atom stereocenters. The molecule has 92 valence electrons. The summed E-state index contributed by atoms with van der Waals surface area (Å²) in [4.78, 5) is 15.8. The minimum absolute atomic E-state index is 0.372. The van der Waals surface area contributed by atoms with Crippen LogP contribution in [0.25, 0.3) is 0 Å². The monoisotopic (exact) mass is 260 g/mol. The Morgan fingerprint density at radius 3 is 3.06 bits per heavy atom. The molecule has 0 amide bonds. The maximum Gasteiger partial charge on any atom is 0.367 e. The molecular weight excluding hydrogens is 248 g/mol. The number of aryl methyl sites for hydroxylation is 2. The first-order chi connectivity index (χ1) is 8.78. The van der Waals surface area contributed by atoms with Crippen molar-refractivity contribution < 1.29 is 9.53 Å². The van der Waals surface area contributed by atoms with Crippen LogP contribution in [-0.2, 0) is 17.6 Å². The molecule has 0 saturated carbocycles. The molecule has 18 heavy (non-hydrogen) atoms. The maximum absolute atomic E-state index is 11.5. The second-order valence-electron chi connectivity index (χ2n) is 4.07. The van der Waals surface area contributed by atoms with E-state index in [1.54, 1.807) is 0 Å². The summed E-state index contributed by atoms with van der Waals surface area (Å²) < 4.78 is 4.70. The lowest BCUT2D eigenvalue weighted by Crippen LogP contribution is -2.00. The highest BCUT2D eigenvalue weighted by molar-refractivity contribution is 7.17. The van der Waals surface area contributed by atoms with Gasteiger partial charge in [0.2, 0.25) is 5.01 Å². The summed E-state index contributed by atoms with van der Waals surface area (Å²) in [6.45, 7) is 0. The highest BCUT2D eigenvalue weighted by Gasteiger charge is 2.20. The Kier molecular flexibility index (Phi) is 2.76. The summed E-state index contributed by atoms with van der Waals surface area (Å²) in [5.74, 6) is -0.372. The number of benzene rings is 1. The Balaban J connectivity index is 1.99. The number of nitrogens with one attached hydrogen (secondary N) is 1. The summed E-state index contributed by atoms with van der Waals surface area (Å²) in [7, 11) is 1.37. The van der Waals surface area contributed by atoms with Crippen molar-refractivity contribution in [3.05, 3.63) is 40.5 Å². The topological polar surface area (TPSA) is 51.2 Å². The summed E-state index contributed by atoms with van der Waals surface area (Å²) >= 11 is 1.35. The first-order valence-corrected chi connectivity index (χ1v) is 6.52. The Bertz CT molecular complexity index is 607. The van der Waals surface area contributed by atoms with Crippen LogP contribution in [0.4, 0.5) is 10.7 Å². The van der Waals surface area contributed by atoms with E-state index < -0.39 is 0 Å². The van der Waals surface area contributed by atoms with Gasteiger partial charge in [-0.3, -0.25) is 0 Å². The third-order valence-corrected chi connectivity index (χ3v) is 3.95. The van der Waals surface area contributed by atoms with Gasteiger partial charge in [0.25, 0.3) is 0 Å². The second-order valence-corrected chi connectivity index (χ2v) is 5.07. The number of hydrogen-bond acceptors (Lipinski definition) is 5. The van der Waals surface area contributed by atoms with Crippen molar-refractivity contribution in [3.63, 3.8) is 0 Å². The van der Waals surface area contributed by atoms with Crippen LogP contribution in [-0.4, -0.2) is 18.1 Å². The largest absolute Gasteiger partial charge is 0.464 e. The van der Waals surface area contributed by atoms with Gasteiger partial charge in [0, 0.05) is 5.69 Å². The van der Waals surface area contributed by atoms with E-state index in [1.807, 2.05) is 18.2 Å². The zero-order valence-corrected chi connectivity index (χ0v) is 10.7. The van der Waals surface area contributed by atoms with Crippen LogP contribution in [0.15, 0.2) is 24.3 Å². The molecule has 0 aliphatic carbocycles. The van der Waals surface area contributed by atoms with Gasteiger partial charge in [-0.2, -0.15) is 0 Å². The molecule has 0 fully saturated rings. The van der Waals surface area contributed by atoms with Gasteiger partial charge >= 0.3 is 5.97 Å². The molecule has 2 aromatic rings. The fraction of sp³-hybridized carbons (Fsp3) is 0.231. The first-order valence-electron chi connectivity index (χ1n) is 5.71. The number of fused-ring (bicyclic) bond motifs is 2. The number of carbonyl (C=O) groups is 1. The molecule has 0 radical (unpaired) electrons. The third kappa shape index (κ3) is 1.86. The number of esters is 1. The molecule has 1 aromatic heterocycles. The van der Waals surface area contributed by atoms with E-state index in [-0.39, 0.29) is 5.97 Å². The quantitative estimate of drug-likeness (QED) is 0.801. The highest BCUT2D eigenvalue weighted by Crippen LogP contribution is 2.34. The van der Waals surface area contributed by atoms with Crippen molar-refractivity contribution in [1.29, 1.82) is 0 Å². The van der Waals surface area contributed by atoms with Crippen molar-refractivity contribution in [3.8, 4) is 0 Å². The zero-order chi connectivity index (χ0) is 12.5. The van der Waals surface area contributed by atoms with Crippen molar-refractivity contribution >= 4 is 28.0 Å². The molecule has 0 saturated heterocycles.